The fourth-order valence-electron chi connectivity index (χ4n) is 2.35. The Morgan fingerprint density at radius 1 is 0.962 bits per heavy atom. The van der Waals surface area contributed by atoms with Crippen molar-refractivity contribution in [3.05, 3.63) is 71.3 Å². The molecule has 0 aliphatic rings. The lowest BCUT2D eigenvalue weighted by Gasteiger charge is -2.21. The van der Waals surface area contributed by atoms with Crippen LogP contribution in [0.15, 0.2) is 48.5 Å². The lowest BCUT2D eigenvalue weighted by Crippen LogP contribution is -2.43. The minimum Gasteiger partial charge on any atom is -0.337 e. The Hall–Kier alpha value is -2.96. The summed E-state index contributed by atoms with van der Waals surface area (Å²) in [6.45, 7) is 2.57. The summed E-state index contributed by atoms with van der Waals surface area (Å²) in [5.41, 5.74) is 1.43. The first-order chi connectivity index (χ1) is 12.5. The van der Waals surface area contributed by atoms with E-state index in [9.17, 15) is 18.4 Å². The molecule has 0 aliphatic carbocycles. The molecule has 2 N–H and O–H groups in total. The quantitative estimate of drug-likeness (QED) is 0.797. The van der Waals surface area contributed by atoms with E-state index in [1.165, 1.54) is 29.2 Å². The van der Waals surface area contributed by atoms with E-state index < -0.39 is 6.03 Å². The number of likely N-dealkylation sites (N-methyl/N-ethyl adjacent to an activating group) is 1. The largest absolute Gasteiger partial charge is 0.337 e. The third-order valence-corrected chi connectivity index (χ3v) is 3.76. The van der Waals surface area contributed by atoms with Crippen molar-refractivity contribution in [3.63, 3.8) is 0 Å². The average Bonchev–Trinajstić information content (AvgIpc) is 2.63. The molecule has 7 heteroatoms. The first-order valence-electron chi connectivity index (χ1n) is 8.26. The Bertz CT molecular complexity index is 751. The van der Waals surface area contributed by atoms with Crippen molar-refractivity contribution < 1.29 is 18.4 Å². The van der Waals surface area contributed by atoms with Crippen LogP contribution in [0.4, 0.5) is 13.6 Å². The number of amides is 3. The minimum atomic E-state index is -0.496. The molecule has 0 radical (unpaired) electrons. The van der Waals surface area contributed by atoms with Gasteiger partial charge in [-0.15, -0.1) is 0 Å². The van der Waals surface area contributed by atoms with Gasteiger partial charge in [0.05, 0.1) is 6.54 Å². The molecule has 0 bridgehead atoms. The number of urea groups is 1. The van der Waals surface area contributed by atoms with E-state index in [0.717, 1.165) is 5.56 Å². The number of carbonyl (C=O) groups is 2. The van der Waals surface area contributed by atoms with Crippen LogP contribution in [0, 0.1) is 11.6 Å². The summed E-state index contributed by atoms with van der Waals surface area (Å²) in [6.07, 6.45) is 0. The normalized spacial score (nSPS) is 10.3. The first kappa shape index (κ1) is 19.4. The second-order valence-electron chi connectivity index (χ2n) is 5.70. The molecule has 0 heterocycles. The van der Waals surface area contributed by atoms with Crippen LogP contribution in [0.2, 0.25) is 0 Å². The van der Waals surface area contributed by atoms with Crippen molar-refractivity contribution in [2.75, 3.05) is 13.1 Å². The van der Waals surface area contributed by atoms with Crippen LogP contribution in [0.5, 0.6) is 0 Å². The van der Waals surface area contributed by atoms with Crippen LogP contribution in [-0.4, -0.2) is 29.9 Å². The van der Waals surface area contributed by atoms with Crippen LogP contribution in [0.25, 0.3) is 0 Å². The molecule has 0 saturated heterocycles. The van der Waals surface area contributed by atoms with Crippen molar-refractivity contribution in [2.45, 2.75) is 20.0 Å². The highest BCUT2D eigenvalue weighted by molar-refractivity contribution is 5.83. The molecule has 0 spiro atoms. The summed E-state index contributed by atoms with van der Waals surface area (Å²) in [5, 5.41) is 5.08. The Morgan fingerprint density at radius 3 is 2.35 bits per heavy atom. The molecular formula is C19H21F2N3O2. The van der Waals surface area contributed by atoms with Gasteiger partial charge in [-0.3, -0.25) is 4.79 Å². The molecule has 3 amide bonds. The standard InChI is InChI=1S/C19H21F2N3O2/c1-2-24(13-15-4-3-5-17(21)10-15)18(25)12-23-19(26)22-11-14-6-8-16(20)9-7-14/h3-10H,2,11-13H2,1H3,(H2,22,23,26). The number of hydrogen-bond acceptors (Lipinski definition) is 2. The highest BCUT2D eigenvalue weighted by Crippen LogP contribution is 2.07. The summed E-state index contributed by atoms with van der Waals surface area (Å²) in [5.74, 6) is -0.972. The van der Waals surface area contributed by atoms with E-state index in [-0.39, 0.29) is 37.2 Å². The van der Waals surface area contributed by atoms with Crippen molar-refractivity contribution in [1.82, 2.24) is 15.5 Å². The molecule has 0 atom stereocenters. The summed E-state index contributed by atoms with van der Waals surface area (Å²) in [7, 11) is 0. The van der Waals surface area contributed by atoms with Gasteiger partial charge in [0.1, 0.15) is 11.6 Å². The van der Waals surface area contributed by atoms with Gasteiger partial charge in [0.2, 0.25) is 5.91 Å². The van der Waals surface area contributed by atoms with E-state index in [4.69, 9.17) is 0 Å². The zero-order valence-corrected chi connectivity index (χ0v) is 14.5. The van der Waals surface area contributed by atoms with Gasteiger partial charge in [-0.1, -0.05) is 24.3 Å². The highest BCUT2D eigenvalue weighted by atomic mass is 19.1. The fraction of sp³-hybridized carbons (Fsp3) is 0.263. The first-order valence-corrected chi connectivity index (χ1v) is 8.26. The van der Waals surface area contributed by atoms with E-state index in [2.05, 4.69) is 10.6 Å². The average molecular weight is 361 g/mol. The predicted octanol–water partition coefficient (Wildman–Crippen LogP) is 2.81. The van der Waals surface area contributed by atoms with Gasteiger partial charge in [0, 0.05) is 19.6 Å². The number of nitrogens with zero attached hydrogens (tertiary/aromatic N) is 1. The zero-order chi connectivity index (χ0) is 18.9. The van der Waals surface area contributed by atoms with E-state index >= 15 is 0 Å². The van der Waals surface area contributed by atoms with Gasteiger partial charge in [-0.05, 0) is 42.3 Å². The molecule has 2 aromatic carbocycles. The number of hydrogen-bond donors (Lipinski definition) is 2. The number of halogens is 2. The second kappa shape index (κ2) is 9.50. The molecule has 26 heavy (non-hydrogen) atoms. The van der Waals surface area contributed by atoms with E-state index in [1.807, 2.05) is 6.92 Å². The third kappa shape index (κ3) is 6.16. The lowest BCUT2D eigenvalue weighted by atomic mass is 10.2. The molecule has 0 unspecified atom stereocenters. The maximum Gasteiger partial charge on any atom is 0.315 e. The molecule has 0 aliphatic heterocycles. The molecule has 0 aromatic heterocycles. The topological polar surface area (TPSA) is 61.4 Å². The number of nitrogens with one attached hydrogen (secondary N) is 2. The minimum absolute atomic E-state index is 0.168. The Morgan fingerprint density at radius 2 is 1.69 bits per heavy atom. The second-order valence-corrected chi connectivity index (χ2v) is 5.70. The fourth-order valence-corrected chi connectivity index (χ4v) is 2.35. The van der Waals surface area contributed by atoms with E-state index in [1.54, 1.807) is 24.3 Å². The van der Waals surface area contributed by atoms with E-state index in [0.29, 0.717) is 12.1 Å². The molecule has 2 rings (SSSR count). The predicted molar refractivity (Wildman–Crippen MR) is 94.1 cm³/mol. The number of benzene rings is 2. The van der Waals surface area contributed by atoms with Gasteiger partial charge in [0.25, 0.3) is 0 Å². The van der Waals surface area contributed by atoms with Crippen LogP contribution < -0.4 is 10.6 Å². The molecule has 0 fully saturated rings. The maximum absolute atomic E-state index is 13.2. The summed E-state index contributed by atoms with van der Waals surface area (Å²) in [4.78, 5) is 25.5. The number of rotatable bonds is 7. The Labute approximate surface area is 151 Å². The van der Waals surface area contributed by atoms with Crippen LogP contribution >= 0.6 is 0 Å². The van der Waals surface area contributed by atoms with Gasteiger partial charge in [-0.25, -0.2) is 13.6 Å². The maximum atomic E-state index is 13.2. The Kier molecular flexibility index (Phi) is 7.08. The van der Waals surface area contributed by atoms with Gasteiger partial charge >= 0.3 is 6.03 Å². The smallest absolute Gasteiger partial charge is 0.315 e. The number of carbonyl (C=O) groups excluding carboxylic acids is 2. The summed E-state index contributed by atoms with van der Waals surface area (Å²) < 4.78 is 26.1. The van der Waals surface area contributed by atoms with Crippen LogP contribution in [0.3, 0.4) is 0 Å². The van der Waals surface area contributed by atoms with Gasteiger partial charge in [0.15, 0.2) is 0 Å². The van der Waals surface area contributed by atoms with Crippen molar-refractivity contribution in [1.29, 1.82) is 0 Å². The molecule has 138 valence electrons. The molecule has 2 aromatic rings. The SMILES string of the molecule is CCN(Cc1cccc(F)c1)C(=O)CNC(=O)NCc1ccc(F)cc1. The summed E-state index contributed by atoms with van der Waals surface area (Å²) in [6, 6.07) is 11.3. The van der Waals surface area contributed by atoms with Crippen molar-refractivity contribution in [2.24, 2.45) is 0 Å². The van der Waals surface area contributed by atoms with Gasteiger partial charge in [-0.2, -0.15) is 0 Å². The van der Waals surface area contributed by atoms with Crippen LogP contribution in [-0.2, 0) is 17.9 Å². The monoisotopic (exact) mass is 361 g/mol. The highest BCUT2D eigenvalue weighted by Gasteiger charge is 2.13. The molecule has 5 nitrogen and oxygen atoms in total. The zero-order valence-electron chi connectivity index (χ0n) is 14.5. The van der Waals surface area contributed by atoms with Crippen molar-refractivity contribution >= 4 is 11.9 Å². The third-order valence-electron chi connectivity index (χ3n) is 3.76. The Balaban J connectivity index is 1.78. The van der Waals surface area contributed by atoms with Crippen molar-refractivity contribution in [3.8, 4) is 0 Å². The summed E-state index contributed by atoms with van der Waals surface area (Å²) >= 11 is 0. The molecular weight excluding hydrogens is 340 g/mol. The van der Waals surface area contributed by atoms with Gasteiger partial charge < -0.3 is 15.5 Å². The lowest BCUT2D eigenvalue weighted by molar-refractivity contribution is -0.130. The molecule has 0 saturated carbocycles. The van der Waals surface area contributed by atoms with Crippen LogP contribution in [0.1, 0.15) is 18.1 Å².